The van der Waals surface area contributed by atoms with Gasteiger partial charge in [-0.2, -0.15) is 0 Å². The molecule has 0 fully saturated rings. The first-order valence-corrected chi connectivity index (χ1v) is 7.55. The summed E-state index contributed by atoms with van der Waals surface area (Å²) in [6.07, 6.45) is 0.395. The zero-order valence-corrected chi connectivity index (χ0v) is 13.9. The van der Waals surface area contributed by atoms with Crippen LogP contribution in [0.15, 0.2) is 18.2 Å². The van der Waals surface area contributed by atoms with E-state index in [2.05, 4.69) is 10.6 Å². The maximum atomic E-state index is 11.5. The van der Waals surface area contributed by atoms with E-state index in [9.17, 15) is 4.79 Å². The van der Waals surface area contributed by atoms with Crippen molar-refractivity contribution in [2.24, 2.45) is 0 Å². The summed E-state index contributed by atoms with van der Waals surface area (Å²) in [5.74, 6) is 0.680. The first kappa shape index (κ1) is 17.9. The van der Waals surface area contributed by atoms with E-state index < -0.39 is 11.7 Å². The second-order valence-corrected chi connectivity index (χ2v) is 5.89. The van der Waals surface area contributed by atoms with Gasteiger partial charge in [0.25, 0.3) is 0 Å². The van der Waals surface area contributed by atoms with Crippen molar-refractivity contribution in [3.05, 3.63) is 18.2 Å². The Labute approximate surface area is 132 Å². The highest BCUT2D eigenvalue weighted by atomic mass is 16.6. The molecule has 0 aliphatic heterocycles. The topological polar surface area (TPSA) is 85.6 Å². The fourth-order valence-electron chi connectivity index (χ4n) is 1.75. The molecule has 0 unspecified atom stereocenters. The lowest BCUT2D eigenvalue weighted by Gasteiger charge is -2.19. The normalized spacial score (nSPS) is 10.9. The van der Waals surface area contributed by atoms with Gasteiger partial charge in [0, 0.05) is 24.8 Å². The second-order valence-electron chi connectivity index (χ2n) is 5.89. The molecule has 0 radical (unpaired) electrons. The number of anilines is 2. The molecule has 1 amide bonds. The molecule has 0 heterocycles. The standard InChI is InChI=1S/C16H27N3O3/c1-5-21-14-11-12(7-8-13(14)17)18-9-6-10-19-15(20)22-16(2,3)4/h7-8,11,18H,5-6,9-10,17H2,1-4H3,(H,19,20). The molecular weight excluding hydrogens is 282 g/mol. The van der Waals surface area contributed by atoms with Crippen LogP contribution in [0.2, 0.25) is 0 Å². The number of nitrogens with two attached hydrogens (primary N) is 1. The summed E-state index contributed by atoms with van der Waals surface area (Å²) in [5, 5.41) is 5.99. The van der Waals surface area contributed by atoms with Crippen molar-refractivity contribution < 1.29 is 14.3 Å². The monoisotopic (exact) mass is 309 g/mol. The van der Waals surface area contributed by atoms with E-state index in [1.54, 1.807) is 0 Å². The van der Waals surface area contributed by atoms with Crippen LogP contribution >= 0.6 is 0 Å². The average molecular weight is 309 g/mol. The Kier molecular flexibility index (Phi) is 6.82. The predicted octanol–water partition coefficient (Wildman–Crippen LogP) is 2.99. The Bertz CT molecular complexity index is 484. The smallest absolute Gasteiger partial charge is 0.407 e. The Morgan fingerprint density at radius 1 is 1.27 bits per heavy atom. The van der Waals surface area contributed by atoms with Crippen LogP contribution in [0.5, 0.6) is 5.75 Å². The van der Waals surface area contributed by atoms with Gasteiger partial charge < -0.3 is 25.8 Å². The van der Waals surface area contributed by atoms with Crippen molar-refractivity contribution in [1.82, 2.24) is 5.32 Å². The van der Waals surface area contributed by atoms with Crippen LogP contribution in [0, 0.1) is 0 Å². The average Bonchev–Trinajstić information content (AvgIpc) is 2.40. The Morgan fingerprint density at radius 3 is 2.64 bits per heavy atom. The number of hydrogen-bond acceptors (Lipinski definition) is 5. The van der Waals surface area contributed by atoms with Gasteiger partial charge in [-0.05, 0) is 46.2 Å². The van der Waals surface area contributed by atoms with Crippen molar-refractivity contribution in [2.75, 3.05) is 30.7 Å². The van der Waals surface area contributed by atoms with E-state index >= 15 is 0 Å². The summed E-state index contributed by atoms with van der Waals surface area (Å²) in [5.41, 5.74) is 6.91. The van der Waals surface area contributed by atoms with Crippen LogP contribution in [0.3, 0.4) is 0 Å². The maximum Gasteiger partial charge on any atom is 0.407 e. The van der Waals surface area contributed by atoms with E-state index in [0.717, 1.165) is 18.7 Å². The summed E-state index contributed by atoms with van der Waals surface area (Å²) < 4.78 is 10.6. The van der Waals surface area contributed by atoms with Crippen LogP contribution in [0.4, 0.5) is 16.2 Å². The molecule has 4 N–H and O–H groups in total. The molecule has 0 atom stereocenters. The van der Waals surface area contributed by atoms with Gasteiger partial charge in [0.05, 0.1) is 12.3 Å². The van der Waals surface area contributed by atoms with E-state index in [-0.39, 0.29) is 0 Å². The molecule has 6 heteroatoms. The summed E-state index contributed by atoms with van der Waals surface area (Å²) >= 11 is 0. The minimum absolute atomic E-state index is 0.390. The largest absolute Gasteiger partial charge is 0.492 e. The van der Waals surface area contributed by atoms with E-state index in [1.165, 1.54) is 0 Å². The zero-order valence-electron chi connectivity index (χ0n) is 13.9. The van der Waals surface area contributed by atoms with Crippen molar-refractivity contribution in [1.29, 1.82) is 0 Å². The summed E-state index contributed by atoms with van der Waals surface area (Å²) in [7, 11) is 0. The third-order valence-electron chi connectivity index (χ3n) is 2.66. The summed E-state index contributed by atoms with van der Waals surface area (Å²) in [6, 6.07) is 5.59. The lowest BCUT2D eigenvalue weighted by Crippen LogP contribution is -2.33. The minimum Gasteiger partial charge on any atom is -0.492 e. The lowest BCUT2D eigenvalue weighted by molar-refractivity contribution is 0.0528. The van der Waals surface area contributed by atoms with Crippen molar-refractivity contribution in [3.8, 4) is 5.75 Å². The van der Waals surface area contributed by atoms with Gasteiger partial charge in [-0.1, -0.05) is 0 Å². The number of hydrogen-bond donors (Lipinski definition) is 3. The second kappa shape index (κ2) is 8.36. The molecule has 0 aliphatic carbocycles. The van der Waals surface area contributed by atoms with Gasteiger partial charge in [-0.25, -0.2) is 4.79 Å². The number of benzene rings is 1. The number of amides is 1. The number of ether oxygens (including phenoxy) is 2. The molecule has 0 aliphatic rings. The number of carbonyl (C=O) groups is 1. The minimum atomic E-state index is -0.470. The predicted molar refractivity (Wildman–Crippen MR) is 89.4 cm³/mol. The summed E-state index contributed by atoms with van der Waals surface area (Å²) in [4.78, 5) is 11.5. The Morgan fingerprint density at radius 2 is 2.00 bits per heavy atom. The lowest BCUT2D eigenvalue weighted by atomic mass is 10.2. The van der Waals surface area contributed by atoms with Crippen molar-refractivity contribution in [2.45, 2.75) is 39.7 Å². The van der Waals surface area contributed by atoms with Crippen LogP contribution < -0.4 is 21.1 Å². The third-order valence-corrected chi connectivity index (χ3v) is 2.66. The molecule has 0 saturated carbocycles. The number of nitrogen functional groups attached to an aromatic ring is 1. The molecular formula is C16H27N3O3. The summed E-state index contributed by atoms with van der Waals surface area (Å²) in [6.45, 7) is 9.29. The van der Waals surface area contributed by atoms with Gasteiger partial charge in [0.1, 0.15) is 11.4 Å². The molecule has 124 valence electrons. The highest BCUT2D eigenvalue weighted by Gasteiger charge is 2.15. The highest BCUT2D eigenvalue weighted by molar-refractivity contribution is 5.67. The van der Waals surface area contributed by atoms with Gasteiger partial charge in [-0.3, -0.25) is 0 Å². The number of alkyl carbamates (subject to hydrolysis) is 1. The SMILES string of the molecule is CCOc1cc(NCCCNC(=O)OC(C)(C)C)ccc1N. The van der Waals surface area contributed by atoms with Crippen LogP contribution in [-0.4, -0.2) is 31.4 Å². The van der Waals surface area contributed by atoms with E-state index in [0.29, 0.717) is 24.6 Å². The first-order valence-electron chi connectivity index (χ1n) is 7.55. The van der Waals surface area contributed by atoms with Gasteiger partial charge >= 0.3 is 6.09 Å². The Balaban J connectivity index is 2.27. The molecule has 0 saturated heterocycles. The van der Waals surface area contributed by atoms with E-state index in [1.807, 2.05) is 45.9 Å². The quantitative estimate of drug-likeness (QED) is 0.532. The molecule has 0 bridgehead atoms. The zero-order chi connectivity index (χ0) is 16.6. The molecule has 1 rings (SSSR count). The molecule has 22 heavy (non-hydrogen) atoms. The molecule has 1 aromatic rings. The van der Waals surface area contributed by atoms with Crippen molar-refractivity contribution in [3.63, 3.8) is 0 Å². The van der Waals surface area contributed by atoms with Crippen LogP contribution in [-0.2, 0) is 4.74 Å². The van der Waals surface area contributed by atoms with Crippen molar-refractivity contribution >= 4 is 17.5 Å². The molecule has 0 spiro atoms. The number of nitrogens with one attached hydrogen (secondary N) is 2. The first-order chi connectivity index (χ1) is 10.3. The number of rotatable bonds is 7. The maximum absolute atomic E-state index is 11.5. The van der Waals surface area contributed by atoms with Gasteiger partial charge in [0.15, 0.2) is 0 Å². The Hall–Kier alpha value is -2.11. The van der Waals surface area contributed by atoms with E-state index in [4.69, 9.17) is 15.2 Å². The molecule has 0 aromatic heterocycles. The van der Waals surface area contributed by atoms with Gasteiger partial charge in [-0.15, -0.1) is 0 Å². The third kappa shape index (κ3) is 7.06. The fraction of sp³-hybridized carbons (Fsp3) is 0.562. The fourth-order valence-corrected chi connectivity index (χ4v) is 1.75. The van der Waals surface area contributed by atoms with Crippen LogP contribution in [0.1, 0.15) is 34.1 Å². The van der Waals surface area contributed by atoms with Gasteiger partial charge in [0.2, 0.25) is 0 Å². The highest BCUT2D eigenvalue weighted by Crippen LogP contribution is 2.25. The molecule has 6 nitrogen and oxygen atoms in total. The van der Waals surface area contributed by atoms with Crippen LogP contribution in [0.25, 0.3) is 0 Å². The molecule has 1 aromatic carbocycles. The number of carbonyl (C=O) groups excluding carboxylic acids is 1.